The number of methoxy groups -OCH3 is 1. The van der Waals surface area contributed by atoms with Crippen molar-refractivity contribution in [2.24, 2.45) is 5.92 Å². The van der Waals surface area contributed by atoms with E-state index in [1.807, 2.05) is 7.05 Å². The number of nitrogens with zero attached hydrogens (tertiary/aromatic N) is 3. The van der Waals surface area contributed by atoms with E-state index in [0.717, 1.165) is 16.9 Å². The lowest BCUT2D eigenvalue weighted by atomic mass is 9.85. The van der Waals surface area contributed by atoms with E-state index in [-0.39, 0.29) is 0 Å². The average molecular weight is 365 g/mol. The number of ether oxygens (including phenoxy) is 1. The van der Waals surface area contributed by atoms with E-state index in [1.54, 1.807) is 13.3 Å². The van der Waals surface area contributed by atoms with Crippen LogP contribution in [0.4, 0.5) is 5.95 Å². The summed E-state index contributed by atoms with van der Waals surface area (Å²) < 4.78 is 5.94. The summed E-state index contributed by atoms with van der Waals surface area (Å²) in [5.41, 5.74) is 0. The lowest BCUT2D eigenvalue weighted by molar-refractivity contribution is 0.337. The molecule has 0 spiro atoms. The van der Waals surface area contributed by atoms with Crippen LogP contribution in [-0.4, -0.2) is 35.5 Å². The highest BCUT2D eigenvalue weighted by Gasteiger charge is 2.28. The fourth-order valence-electron chi connectivity index (χ4n) is 1.94. The molecule has 0 amide bonds. The van der Waals surface area contributed by atoms with Crippen LogP contribution in [0.15, 0.2) is 10.7 Å². The van der Waals surface area contributed by atoms with Gasteiger partial charge >= 0.3 is 0 Å². The number of aromatic nitrogens is 2. The van der Waals surface area contributed by atoms with Crippen molar-refractivity contribution in [3.63, 3.8) is 0 Å². The molecule has 1 aliphatic rings. The molecule has 4 nitrogen and oxygen atoms in total. The maximum absolute atomic E-state index is 5.17. The summed E-state index contributed by atoms with van der Waals surface area (Å²) >= 11 is 6.95. The van der Waals surface area contributed by atoms with Gasteiger partial charge in [0.15, 0.2) is 0 Å². The number of hydrogen-bond acceptors (Lipinski definition) is 4. The number of rotatable bonds is 4. The van der Waals surface area contributed by atoms with Crippen molar-refractivity contribution in [1.29, 1.82) is 0 Å². The Morgan fingerprint density at radius 2 is 2.24 bits per heavy atom. The zero-order valence-corrected chi connectivity index (χ0v) is 13.0. The Kier molecular flexibility index (Phi) is 4.25. The maximum atomic E-state index is 5.17. The van der Waals surface area contributed by atoms with E-state index in [9.17, 15) is 0 Å². The number of hydrogen-bond donors (Lipinski definition) is 0. The van der Waals surface area contributed by atoms with Gasteiger partial charge in [-0.15, -0.1) is 0 Å². The minimum absolute atomic E-state index is 0.578. The van der Waals surface area contributed by atoms with Gasteiger partial charge in [-0.05, 0) is 34.7 Å². The van der Waals surface area contributed by atoms with Gasteiger partial charge < -0.3 is 9.64 Å². The highest BCUT2D eigenvalue weighted by Crippen LogP contribution is 2.34. The second-order valence-corrected chi connectivity index (χ2v) is 6.49. The van der Waals surface area contributed by atoms with Crippen LogP contribution in [0.3, 0.4) is 0 Å². The standard InChI is InChI=1S/C11H15Br2N3O/c1-16(6-7-3-8(12)4-7)11-14-5-9(13)10(15-11)17-2/h5,7-8H,3-4,6H2,1-2H3. The predicted octanol–water partition coefficient (Wildman–Crippen LogP) is 2.86. The van der Waals surface area contributed by atoms with Crippen LogP contribution < -0.4 is 9.64 Å². The van der Waals surface area contributed by atoms with Crippen molar-refractivity contribution < 1.29 is 4.74 Å². The molecule has 0 radical (unpaired) electrons. The molecule has 0 aliphatic heterocycles. The normalized spacial score (nSPS) is 23.1. The topological polar surface area (TPSA) is 38.2 Å². The lowest BCUT2D eigenvalue weighted by Crippen LogP contribution is -2.35. The van der Waals surface area contributed by atoms with Gasteiger partial charge in [-0.3, -0.25) is 0 Å². The average Bonchev–Trinajstić information content (AvgIpc) is 2.27. The largest absolute Gasteiger partial charge is 0.480 e. The number of anilines is 1. The molecular weight excluding hydrogens is 350 g/mol. The summed E-state index contributed by atoms with van der Waals surface area (Å²) in [4.78, 5) is 11.4. The molecule has 1 aromatic heterocycles. The van der Waals surface area contributed by atoms with E-state index >= 15 is 0 Å². The molecule has 0 N–H and O–H groups in total. The highest BCUT2D eigenvalue weighted by molar-refractivity contribution is 9.10. The molecule has 1 aromatic rings. The van der Waals surface area contributed by atoms with Crippen LogP contribution in [0, 0.1) is 5.92 Å². The van der Waals surface area contributed by atoms with Crippen molar-refractivity contribution in [1.82, 2.24) is 9.97 Å². The van der Waals surface area contributed by atoms with Crippen molar-refractivity contribution in [3.8, 4) is 5.88 Å². The van der Waals surface area contributed by atoms with Gasteiger partial charge in [0.2, 0.25) is 11.8 Å². The molecule has 6 heteroatoms. The Morgan fingerprint density at radius 1 is 1.53 bits per heavy atom. The van der Waals surface area contributed by atoms with Gasteiger partial charge in [-0.25, -0.2) is 4.98 Å². The highest BCUT2D eigenvalue weighted by atomic mass is 79.9. The molecule has 1 aliphatic carbocycles. The Labute approximate surface area is 118 Å². The maximum Gasteiger partial charge on any atom is 0.232 e. The first kappa shape index (κ1) is 13.1. The molecule has 1 saturated carbocycles. The minimum Gasteiger partial charge on any atom is -0.480 e. The monoisotopic (exact) mass is 363 g/mol. The van der Waals surface area contributed by atoms with Gasteiger partial charge in [0.05, 0.1) is 17.8 Å². The van der Waals surface area contributed by atoms with Crippen molar-refractivity contribution in [2.45, 2.75) is 17.7 Å². The number of alkyl halides is 1. The van der Waals surface area contributed by atoms with Crippen molar-refractivity contribution >= 4 is 37.8 Å². The Morgan fingerprint density at radius 3 is 2.82 bits per heavy atom. The molecule has 1 heterocycles. The first-order valence-electron chi connectivity index (χ1n) is 5.52. The summed E-state index contributed by atoms with van der Waals surface area (Å²) in [5, 5.41) is 0. The van der Waals surface area contributed by atoms with Crippen molar-refractivity contribution in [2.75, 3.05) is 25.6 Å². The second-order valence-electron chi connectivity index (χ2n) is 4.34. The van der Waals surface area contributed by atoms with Crippen LogP contribution in [0.1, 0.15) is 12.8 Å². The fraction of sp³-hybridized carbons (Fsp3) is 0.636. The molecular formula is C11H15Br2N3O. The number of halogens is 2. The fourth-order valence-corrected chi connectivity index (χ4v) is 3.35. The SMILES string of the molecule is COc1nc(N(C)CC2CC(Br)C2)ncc1Br. The summed E-state index contributed by atoms with van der Waals surface area (Å²) in [6.45, 7) is 0.993. The smallest absolute Gasteiger partial charge is 0.232 e. The minimum atomic E-state index is 0.578. The third-order valence-corrected chi connectivity index (χ3v) is 4.24. The van der Waals surface area contributed by atoms with Crippen LogP contribution in [0.25, 0.3) is 0 Å². The van der Waals surface area contributed by atoms with E-state index in [1.165, 1.54) is 12.8 Å². The lowest BCUT2D eigenvalue weighted by Gasteiger charge is -2.34. The Balaban J connectivity index is 2.01. The first-order valence-corrected chi connectivity index (χ1v) is 7.22. The van der Waals surface area contributed by atoms with E-state index in [2.05, 4.69) is 46.7 Å². The molecule has 0 aromatic carbocycles. The van der Waals surface area contributed by atoms with Gasteiger partial charge in [0.1, 0.15) is 0 Å². The van der Waals surface area contributed by atoms with E-state index < -0.39 is 0 Å². The summed E-state index contributed by atoms with van der Waals surface area (Å²) in [6.07, 6.45) is 4.20. The van der Waals surface area contributed by atoms with Crippen LogP contribution in [0.5, 0.6) is 5.88 Å². The third-order valence-electron chi connectivity index (χ3n) is 2.94. The zero-order chi connectivity index (χ0) is 12.4. The quantitative estimate of drug-likeness (QED) is 0.770. The third kappa shape index (κ3) is 3.10. The molecule has 0 unspecified atom stereocenters. The van der Waals surface area contributed by atoms with Gasteiger partial charge in [-0.1, -0.05) is 15.9 Å². The first-order chi connectivity index (χ1) is 8.10. The van der Waals surface area contributed by atoms with Crippen LogP contribution in [-0.2, 0) is 0 Å². The molecule has 0 atom stereocenters. The Hall–Kier alpha value is -0.360. The molecule has 0 saturated heterocycles. The Bertz CT molecular complexity index is 396. The van der Waals surface area contributed by atoms with Gasteiger partial charge in [0, 0.05) is 18.4 Å². The van der Waals surface area contributed by atoms with Crippen LogP contribution >= 0.6 is 31.9 Å². The molecule has 0 bridgehead atoms. The van der Waals surface area contributed by atoms with E-state index in [0.29, 0.717) is 16.7 Å². The summed E-state index contributed by atoms with van der Waals surface area (Å²) in [7, 11) is 3.63. The molecule has 94 valence electrons. The van der Waals surface area contributed by atoms with Gasteiger partial charge in [0.25, 0.3) is 0 Å². The van der Waals surface area contributed by atoms with Gasteiger partial charge in [-0.2, -0.15) is 4.98 Å². The van der Waals surface area contributed by atoms with E-state index in [4.69, 9.17) is 4.74 Å². The van der Waals surface area contributed by atoms with Crippen LogP contribution in [0.2, 0.25) is 0 Å². The summed E-state index contributed by atoms with van der Waals surface area (Å²) in [6, 6.07) is 0. The molecule has 2 rings (SSSR count). The zero-order valence-electron chi connectivity index (χ0n) is 9.86. The van der Waals surface area contributed by atoms with Crippen molar-refractivity contribution in [3.05, 3.63) is 10.7 Å². The summed E-state index contributed by atoms with van der Waals surface area (Å²) in [5.74, 6) is 2.03. The molecule has 17 heavy (non-hydrogen) atoms. The molecule has 1 fully saturated rings. The second kappa shape index (κ2) is 5.52. The predicted molar refractivity (Wildman–Crippen MR) is 75.0 cm³/mol.